The highest BCUT2D eigenvalue weighted by molar-refractivity contribution is 5.97. The number of halogens is 3. The Kier molecular flexibility index (Phi) is 8.85. The summed E-state index contributed by atoms with van der Waals surface area (Å²) in [4.78, 5) is 37.7. The number of para-hydroxylation sites is 1. The largest absolute Gasteiger partial charge is 0.457 e. The van der Waals surface area contributed by atoms with Gasteiger partial charge in [-0.15, -0.1) is 0 Å². The fourth-order valence-corrected chi connectivity index (χ4v) is 4.38. The van der Waals surface area contributed by atoms with Crippen LogP contribution in [0.1, 0.15) is 52.0 Å². The summed E-state index contributed by atoms with van der Waals surface area (Å²) in [6.07, 6.45) is -1.52. The summed E-state index contributed by atoms with van der Waals surface area (Å²) in [6, 6.07) is 19.3. The van der Waals surface area contributed by atoms with E-state index in [2.05, 4.69) is 16.0 Å². The summed E-state index contributed by atoms with van der Waals surface area (Å²) >= 11 is 0. The number of rotatable bonds is 8. The fourth-order valence-electron chi connectivity index (χ4n) is 4.38. The summed E-state index contributed by atoms with van der Waals surface area (Å²) < 4.78 is 44.5. The lowest BCUT2D eigenvalue weighted by molar-refractivity contribution is -0.137. The molecule has 1 aliphatic rings. The minimum absolute atomic E-state index is 0.194. The monoisotopic (exact) mass is 539 g/mol. The molecule has 3 N–H and O–H groups in total. The number of carbonyl (C=O) groups excluding carboxylic acids is 3. The van der Waals surface area contributed by atoms with E-state index in [-0.39, 0.29) is 23.6 Å². The van der Waals surface area contributed by atoms with Gasteiger partial charge in [0.25, 0.3) is 11.8 Å². The van der Waals surface area contributed by atoms with Crippen LogP contribution in [0.2, 0.25) is 0 Å². The van der Waals surface area contributed by atoms with Crippen LogP contribution in [-0.4, -0.2) is 36.3 Å². The molecule has 0 bridgehead atoms. The van der Waals surface area contributed by atoms with E-state index in [4.69, 9.17) is 4.74 Å². The van der Waals surface area contributed by atoms with Crippen LogP contribution < -0.4 is 20.7 Å². The van der Waals surface area contributed by atoms with Gasteiger partial charge >= 0.3 is 6.18 Å². The van der Waals surface area contributed by atoms with Crippen LogP contribution in [0.5, 0.6) is 11.5 Å². The van der Waals surface area contributed by atoms with Crippen molar-refractivity contribution in [3.8, 4) is 11.5 Å². The predicted molar refractivity (Wildman–Crippen MR) is 138 cm³/mol. The zero-order valence-corrected chi connectivity index (χ0v) is 21.0. The molecular formula is C29H28F3N3O4. The van der Waals surface area contributed by atoms with E-state index in [9.17, 15) is 27.6 Å². The summed E-state index contributed by atoms with van der Waals surface area (Å²) in [6.45, 7) is -0.408. The highest BCUT2D eigenvalue weighted by Gasteiger charge is 2.31. The van der Waals surface area contributed by atoms with Gasteiger partial charge in [-0.2, -0.15) is 13.2 Å². The Balaban J connectivity index is 1.29. The van der Waals surface area contributed by atoms with Crippen LogP contribution in [0, 0.1) is 0 Å². The van der Waals surface area contributed by atoms with E-state index >= 15 is 0 Å². The maximum Gasteiger partial charge on any atom is 0.416 e. The van der Waals surface area contributed by atoms with Crippen molar-refractivity contribution in [2.24, 2.45) is 0 Å². The number of ether oxygens (including phenoxy) is 1. The molecule has 0 aliphatic heterocycles. The lowest BCUT2D eigenvalue weighted by Gasteiger charge is -2.33. The molecule has 0 saturated heterocycles. The Morgan fingerprint density at radius 2 is 1.38 bits per heavy atom. The molecule has 0 unspecified atom stereocenters. The van der Waals surface area contributed by atoms with Gasteiger partial charge in [0.15, 0.2) is 0 Å². The first-order chi connectivity index (χ1) is 18.7. The van der Waals surface area contributed by atoms with Crippen molar-refractivity contribution >= 4 is 17.7 Å². The van der Waals surface area contributed by atoms with Gasteiger partial charge in [-0.05, 0) is 67.4 Å². The van der Waals surface area contributed by atoms with Gasteiger partial charge in [-0.25, -0.2) is 0 Å². The number of amides is 3. The van der Waals surface area contributed by atoms with Crippen molar-refractivity contribution in [2.75, 3.05) is 6.54 Å². The summed E-state index contributed by atoms with van der Waals surface area (Å²) in [5.74, 6) is -0.298. The first-order valence-corrected chi connectivity index (χ1v) is 12.6. The summed E-state index contributed by atoms with van der Waals surface area (Å²) in [7, 11) is 0. The second kappa shape index (κ2) is 12.5. The molecule has 3 amide bonds. The molecule has 1 aliphatic carbocycles. The molecule has 0 aromatic heterocycles. The Labute approximate surface area is 223 Å². The highest BCUT2D eigenvalue weighted by Crippen LogP contribution is 2.29. The topological polar surface area (TPSA) is 96.5 Å². The Hall–Kier alpha value is -4.34. The number of hydrogen-bond donors (Lipinski definition) is 3. The SMILES string of the molecule is O=C(CNC(=O)c1cccc(C(F)(F)F)c1)N[C@H]1CCCC[C@H]1NC(=O)c1ccc(Oc2ccccc2)cc1. The van der Waals surface area contributed by atoms with Gasteiger partial charge in [0.1, 0.15) is 11.5 Å². The van der Waals surface area contributed by atoms with Crippen LogP contribution >= 0.6 is 0 Å². The van der Waals surface area contributed by atoms with Crippen LogP contribution in [-0.2, 0) is 11.0 Å². The minimum atomic E-state index is -4.58. The zero-order valence-electron chi connectivity index (χ0n) is 21.0. The third-order valence-corrected chi connectivity index (χ3v) is 6.39. The van der Waals surface area contributed by atoms with Gasteiger partial charge < -0.3 is 20.7 Å². The molecule has 204 valence electrons. The van der Waals surface area contributed by atoms with E-state index in [0.29, 0.717) is 29.9 Å². The Morgan fingerprint density at radius 3 is 2.05 bits per heavy atom. The van der Waals surface area contributed by atoms with Crippen LogP contribution in [0.15, 0.2) is 78.9 Å². The van der Waals surface area contributed by atoms with Crippen LogP contribution in [0.4, 0.5) is 13.2 Å². The molecule has 1 fully saturated rings. The maximum absolute atomic E-state index is 12.9. The molecule has 4 rings (SSSR count). The second-order valence-corrected chi connectivity index (χ2v) is 9.24. The number of benzene rings is 3. The number of carbonyl (C=O) groups is 3. The third kappa shape index (κ3) is 7.83. The average Bonchev–Trinajstić information content (AvgIpc) is 2.93. The van der Waals surface area contributed by atoms with Gasteiger partial charge in [0.2, 0.25) is 5.91 Å². The molecule has 39 heavy (non-hydrogen) atoms. The van der Waals surface area contributed by atoms with Crippen molar-refractivity contribution < 1.29 is 32.3 Å². The first-order valence-electron chi connectivity index (χ1n) is 12.6. The Morgan fingerprint density at radius 1 is 0.744 bits per heavy atom. The van der Waals surface area contributed by atoms with E-state index in [1.807, 2.05) is 30.3 Å². The van der Waals surface area contributed by atoms with Crippen LogP contribution in [0.3, 0.4) is 0 Å². The lowest BCUT2D eigenvalue weighted by atomic mass is 9.90. The van der Waals surface area contributed by atoms with Crippen molar-refractivity contribution in [2.45, 2.75) is 43.9 Å². The molecule has 3 aromatic rings. The average molecular weight is 540 g/mol. The lowest BCUT2D eigenvalue weighted by Crippen LogP contribution is -2.54. The quantitative estimate of drug-likeness (QED) is 0.372. The summed E-state index contributed by atoms with van der Waals surface area (Å²) in [5, 5.41) is 8.17. The molecule has 0 spiro atoms. The number of hydrogen-bond acceptors (Lipinski definition) is 4. The van der Waals surface area contributed by atoms with E-state index < -0.39 is 30.1 Å². The van der Waals surface area contributed by atoms with Crippen molar-refractivity contribution in [1.29, 1.82) is 0 Å². The molecule has 0 heterocycles. The molecule has 10 heteroatoms. The maximum atomic E-state index is 12.9. The minimum Gasteiger partial charge on any atom is -0.457 e. The third-order valence-electron chi connectivity index (χ3n) is 6.39. The predicted octanol–water partition coefficient (Wildman–Crippen LogP) is 5.08. The number of alkyl halides is 3. The summed E-state index contributed by atoms with van der Waals surface area (Å²) in [5.41, 5.74) is -0.696. The fraction of sp³-hybridized carbons (Fsp3) is 0.276. The molecule has 0 radical (unpaired) electrons. The normalized spacial score (nSPS) is 17.1. The van der Waals surface area contributed by atoms with Crippen LogP contribution in [0.25, 0.3) is 0 Å². The standard InChI is InChI=1S/C29H28F3N3O4/c30-29(31,32)21-8-6-7-20(17-21)27(37)33-18-26(36)34-24-11-4-5-12-25(24)35-28(38)19-13-15-23(16-14-19)39-22-9-2-1-3-10-22/h1-3,6-10,13-17,24-25H,4-5,11-12,18H2,(H,33,37)(H,34,36)(H,35,38)/t24-,25+/m0/s1. The zero-order chi connectivity index (χ0) is 27.8. The van der Waals surface area contributed by atoms with Gasteiger partial charge in [0.05, 0.1) is 12.1 Å². The smallest absolute Gasteiger partial charge is 0.416 e. The van der Waals surface area contributed by atoms with Crippen molar-refractivity contribution in [3.63, 3.8) is 0 Å². The number of nitrogens with one attached hydrogen (secondary N) is 3. The van der Waals surface area contributed by atoms with E-state index in [1.165, 1.54) is 6.07 Å². The molecule has 1 saturated carbocycles. The van der Waals surface area contributed by atoms with Gasteiger partial charge in [-0.1, -0.05) is 37.1 Å². The molecule has 3 aromatic carbocycles. The van der Waals surface area contributed by atoms with E-state index in [0.717, 1.165) is 31.0 Å². The van der Waals surface area contributed by atoms with E-state index in [1.54, 1.807) is 24.3 Å². The first kappa shape index (κ1) is 27.7. The highest BCUT2D eigenvalue weighted by atomic mass is 19.4. The van der Waals surface area contributed by atoms with Crippen molar-refractivity contribution in [1.82, 2.24) is 16.0 Å². The molecular weight excluding hydrogens is 511 g/mol. The van der Waals surface area contributed by atoms with Crippen molar-refractivity contribution in [3.05, 3.63) is 95.6 Å². The van der Waals surface area contributed by atoms with Gasteiger partial charge in [0, 0.05) is 23.2 Å². The molecule has 7 nitrogen and oxygen atoms in total. The van der Waals surface area contributed by atoms with Gasteiger partial charge in [-0.3, -0.25) is 14.4 Å². The molecule has 2 atom stereocenters. The Bertz CT molecular complexity index is 1300. The second-order valence-electron chi connectivity index (χ2n) is 9.24.